The van der Waals surface area contributed by atoms with Crippen LogP contribution >= 0.6 is 22.9 Å². The fourth-order valence-electron chi connectivity index (χ4n) is 2.69. The number of rotatable bonds is 3. The normalized spacial score (nSPS) is 11.0. The highest BCUT2D eigenvalue weighted by molar-refractivity contribution is 7.16. The Labute approximate surface area is 157 Å². The first-order valence-electron chi connectivity index (χ1n) is 7.80. The van der Waals surface area contributed by atoms with Gasteiger partial charge in [0.1, 0.15) is 11.5 Å². The quantitative estimate of drug-likeness (QED) is 0.518. The zero-order chi connectivity index (χ0) is 18.3. The molecule has 2 heterocycles. The second kappa shape index (κ2) is 6.48. The summed E-state index contributed by atoms with van der Waals surface area (Å²) in [7, 11) is 0. The molecule has 0 spiro atoms. The lowest BCUT2D eigenvalue weighted by molar-refractivity contribution is 0.102. The zero-order valence-corrected chi connectivity index (χ0v) is 15.2. The number of fused-ring (bicyclic) bond motifs is 1. The van der Waals surface area contributed by atoms with Crippen LogP contribution in [0.1, 0.15) is 16.1 Å². The van der Waals surface area contributed by atoms with Crippen molar-refractivity contribution in [2.24, 2.45) is 0 Å². The van der Waals surface area contributed by atoms with Crippen LogP contribution in [0, 0.1) is 6.92 Å². The van der Waals surface area contributed by atoms with Crippen LogP contribution in [0.4, 0.5) is 5.69 Å². The first-order chi connectivity index (χ1) is 12.5. The van der Waals surface area contributed by atoms with Gasteiger partial charge in [-0.1, -0.05) is 22.9 Å². The van der Waals surface area contributed by atoms with E-state index in [-0.39, 0.29) is 10.8 Å². The third kappa shape index (κ3) is 3.16. The average molecular weight is 385 g/mol. The predicted molar refractivity (Wildman–Crippen MR) is 104 cm³/mol. The summed E-state index contributed by atoms with van der Waals surface area (Å²) in [5.41, 5.74) is 2.67. The minimum Gasteiger partial charge on any atom is -0.461 e. The molecule has 7 heteroatoms. The third-order valence-electron chi connectivity index (χ3n) is 3.97. The van der Waals surface area contributed by atoms with Crippen molar-refractivity contribution in [1.29, 1.82) is 0 Å². The highest BCUT2D eigenvalue weighted by Gasteiger charge is 2.16. The molecule has 0 aliphatic heterocycles. The number of H-pyrrole nitrogens is 1. The van der Waals surface area contributed by atoms with Crippen LogP contribution in [0.25, 0.3) is 21.5 Å². The van der Waals surface area contributed by atoms with Gasteiger partial charge in [0.15, 0.2) is 0 Å². The maximum absolute atomic E-state index is 12.6. The number of aromatic nitrogens is 1. The van der Waals surface area contributed by atoms with E-state index in [0.717, 1.165) is 27.1 Å². The first kappa shape index (κ1) is 16.6. The lowest BCUT2D eigenvalue weighted by atomic mass is 10.1. The second-order valence-corrected chi connectivity index (χ2v) is 7.22. The van der Waals surface area contributed by atoms with Crippen LogP contribution in [0.2, 0.25) is 5.02 Å². The summed E-state index contributed by atoms with van der Waals surface area (Å²) in [6, 6.07) is 14.2. The number of nitrogens with one attached hydrogen (secondary N) is 2. The maximum Gasteiger partial charge on any atom is 0.305 e. The summed E-state index contributed by atoms with van der Waals surface area (Å²) in [4.78, 5) is 26.6. The Hall–Kier alpha value is -2.83. The lowest BCUT2D eigenvalue weighted by Gasteiger charge is -2.04. The number of aromatic amines is 1. The number of hydrogen-bond acceptors (Lipinski definition) is 4. The number of furan rings is 1. The number of carbonyl (C=O) groups excluding carboxylic acids is 1. The zero-order valence-electron chi connectivity index (χ0n) is 13.6. The molecule has 2 aromatic heterocycles. The fraction of sp³-hybridized carbons (Fsp3) is 0.0526. The van der Waals surface area contributed by atoms with Crippen molar-refractivity contribution >= 4 is 44.7 Å². The van der Waals surface area contributed by atoms with E-state index >= 15 is 0 Å². The lowest BCUT2D eigenvalue weighted by Crippen LogP contribution is -2.11. The van der Waals surface area contributed by atoms with Crippen molar-refractivity contribution in [3.05, 3.63) is 74.5 Å². The minimum atomic E-state index is -0.270. The van der Waals surface area contributed by atoms with Crippen LogP contribution < -0.4 is 10.2 Å². The van der Waals surface area contributed by atoms with Gasteiger partial charge in [0.05, 0.1) is 15.8 Å². The Bertz CT molecular complexity index is 1170. The Kier molecular flexibility index (Phi) is 4.14. The van der Waals surface area contributed by atoms with Crippen molar-refractivity contribution in [1.82, 2.24) is 4.98 Å². The molecule has 2 aromatic carbocycles. The van der Waals surface area contributed by atoms with Crippen molar-refractivity contribution in [3.8, 4) is 11.3 Å². The van der Waals surface area contributed by atoms with E-state index in [2.05, 4.69) is 10.3 Å². The van der Waals surface area contributed by atoms with Gasteiger partial charge >= 0.3 is 4.87 Å². The molecule has 0 atom stereocenters. The van der Waals surface area contributed by atoms with Crippen molar-refractivity contribution in [2.45, 2.75) is 6.92 Å². The van der Waals surface area contributed by atoms with Crippen LogP contribution in [0.15, 0.2) is 57.7 Å². The molecule has 4 rings (SSSR count). The predicted octanol–water partition coefficient (Wildman–Crippen LogP) is 5.06. The van der Waals surface area contributed by atoms with Crippen LogP contribution in [0.3, 0.4) is 0 Å². The highest BCUT2D eigenvalue weighted by atomic mass is 35.5. The molecular formula is C19H13ClN2O3S. The smallest absolute Gasteiger partial charge is 0.305 e. The number of hydrogen-bond donors (Lipinski definition) is 2. The Morgan fingerprint density at radius 3 is 2.69 bits per heavy atom. The van der Waals surface area contributed by atoms with E-state index in [1.807, 2.05) is 12.1 Å². The number of halogens is 1. The van der Waals surface area contributed by atoms with E-state index in [1.165, 1.54) is 0 Å². The van der Waals surface area contributed by atoms with E-state index in [4.69, 9.17) is 16.0 Å². The topological polar surface area (TPSA) is 75.1 Å². The van der Waals surface area contributed by atoms with E-state index < -0.39 is 0 Å². The molecule has 0 unspecified atom stereocenters. The average Bonchev–Trinajstić information content (AvgIpc) is 3.17. The number of thiazole rings is 1. The van der Waals surface area contributed by atoms with Crippen LogP contribution in [-0.4, -0.2) is 10.9 Å². The molecule has 130 valence electrons. The van der Waals surface area contributed by atoms with Gasteiger partial charge in [-0.2, -0.15) is 0 Å². The van der Waals surface area contributed by atoms with Gasteiger partial charge in [0.25, 0.3) is 5.91 Å². The van der Waals surface area contributed by atoms with E-state index in [1.54, 1.807) is 43.3 Å². The van der Waals surface area contributed by atoms with Gasteiger partial charge in [-0.25, -0.2) is 0 Å². The summed E-state index contributed by atoms with van der Waals surface area (Å²) < 4.78 is 6.52. The Morgan fingerprint density at radius 2 is 1.92 bits per heavy atom. The number of benzene rings is 2. The molecule has 0 aliphatic rings. The molecule has 2 N–H and O–H groups in total. The molecule has 4 aromatic rings. The molecule has 0 saturated heterocycles. The van der Waals surface area contributed by atoms with Crippen molar-refractivity contribution in [2.75, 3.05) is 5.32 Å². The van der Waals surface area contributed by atoms with Crippen LogP contribution in [0.5, 0.6) is 0 Å². The number of carbonyl (C=O) groups is 1. The number of anilines is 1. The van der Waals surface area contributed by atoms with Gasteiger partial charge in [0.2, 0.25) is 0 Å². The first-order valence-corrected chi connectivity index (χ1v) is 8.99. The maximum atomic E-state index is 12.6. The summed E-state index contributed by atoms with van der Waals surface area (Å²) in [6.07, 6.45) is 0. The fourth-order valence-corrected chi connectivity index (χ4v) is 3.59. The summed E-state index contributed by atoms with van der Waals surface area (Å²) in [5.74, 6) is 0.858. The van der Waals surface area contributed by atoms with Crippen molar-refractivity contribution in [3.63, 3.8) is 0 Å². The van der Waals surface area contributed by atoms with Gasteiger partial charge in [-0.15, -0.1) is 0 Å². The highest BCUT2D eigenvalue weighted by Crippen LogP contribution is 2.27. The SMILES string of the molecule is Cc1oc(-c2ccc(Cl)cc2)cc1C(=O)Nc1ccc2[nH]c(=O)sc2c1. The monoisotopic (exact) mass is 384 g/mol. The molecule has 0 aliphatic carbocycles. The summed E-state index contributed by atoms with van der Waals surface area (Å²) in [6.45, 7) is 1.75. The Morgan fingerprint density at radius 1 is 1.15 bits per heavy atom. The summed E-state index contributed by atoms with van der Waals surface area (Å²) in [5, 5.41) is 3.48. The molecule has 26 heavy (non-hydrogen) atoms. The number of amides is 1. The second-order valence-electron chi connectivity index (χ2n) is 5.77. The van der Waals surface area contributed by atoms with E-state index in [0.29, 0.717) is 27.8 Å². The molecule has 5 nitrogen and oxygen atoms in total. The Balaban J connectivity index is 1.61. The van der Waals surface area contributed by atoms with E-state index in [9.17, 15) is 9.59 Å². The molecule has 0 bridgehead atoms. The molecule has 0 radical (unpaired) electrons. The minimum absolute atomic E-state index is 0.123. The molecular weight excluding hydrogens is 372 g/mol. The molecule has 0 saturated carbocycles. The van der Waals surface area contributed by atoms with Crippen molar-refractivity contribution < 1.29 is 9.21 Å². The van der Waals surface area contributed by atoms with Gasteiger partial charge in [-0.05, 0) is 55.5 Å². The standard InChI is InChI=1S/C19H13ClN2O3S/c1-10-14(9-16(25-10)11-2-4-12(20)5-3-11)18(23)21-13-6-7-15-17(8-13)26-19(24)22-15/h2-9H,1H3,(H,21,23)(H,22,24). The summed E-state index contributed by atoms with van der Waals surface area (Å²) >= 11 is 7.01. The molecule has 0 fully saturated rings. The van der Waals surface area contributed by atoms with Gasteiger partial charge < -0.3 is 14.7 Å². The largest absolute Gasteiger partial charge is 0.461 e. The van der Waals surface area contributed by atoms with Gasteiger partial charge in [-0.3, -0.25) is 9.59 Å². The third-order valence-corrected chi connectivity index (χ3v) is 5.07. The van der Waals surface area contributed by atoms with Crippen LogP contribution in [-0.2, 0) is 0 Å². The molecule has 1 amide bonds. The van der Waals surface area contributed by atoms with Gasteiger partial charge in [0, 0.05) is 16.3 Å². The number of aryl methyl sites for hydroxylation is 1.